The fraction of sp³-hybridized carbons (Fsp3) is 0.176. The number of carbonyl (C=O) groups excluding carboxylic acids is 1. The van der Waals surface area contributed by atoms with Crippen molar-refractivity contribution in [2.75, 3.05) is 13.2 Å². The zero-order chi connectivity index (χ0) is 15.6. The standard InChI is InChI=1S/C17H15N3O3/c21-17(11-5-6-13-14(7-11)20-10-19-13)18-8-12-9-22-15-3-1-2-4-16(15)23-12/h1-7,10,12H,8-9H2,(H,18,21)(H,19,20)/t12-/m1/s1. The maximum absolute atomic E-state index is 12.3. The molecule has 4 rings (SSSR count). The van der Waals surface area contributed by atoms with E-state index in [1.165, 1.54) is 0 Å². The lowest BCUT2D eigenvalue weighted by Gasteiger charge is -2.26. The van der Waals surface area contributed by atoms with Crippen LogP contribution in [-0.2, 0) is 0 Å². The van der Waals surface area contributed by atoms with Crippen LogP contribution in [0, 0.1) is 0 Å². The molecule has 0 saturated carbocycles. The van der Waals surface area contributed by atoms with Crippen LogP contribution >= 0.6 is 0 Å². The molecule has 2 N–H and O–H groups in total. The number of nitrogens with zero attached hydrogens (tertiary/aromatic N) is 1. The Morgan fingerprint density at radius 3 is 3.04 bits per heavy atom. The summed E-state index contributed by atoms with van der Waals surface area (Å²) in [6.07, 6.45) is 1.40. The summed E-state index contributed by atoms with van der Waals surface area (Å²) < 4.78 is 11.5. The normalized spacial score (nSPS) is 16.3. The molecule has 0 bridgehead atoms. The van der Waals surface area contributed by atoms with Gasteiger partial charge in [-0.25, -0.2) is 4.98 Å². The quantitative estimate of drug-likeness (QED) is 0.777. The second-order valence-electron chi connectivity index (χ2n) is 5.34. The number of aromatic nitrogens is 2. The number of nitrogens with one attached hydrogen (secondary N) is 2. The summed E-state index contributed by atoms with van der Waals surface area (Å²) in [7, 11) is 0. The lowest BCUT2D eigenvalue weighted by Crippen LogP contribution is -2.40. The van der Waals surface area contributed by atoms with Crippen molar-refractivity contribution in [1.82, 2.24) is 15.3 Å². The van der Waals surface area contributed by atoms with E-state index in [0.29, 0.717) is 24.5 Å². The highest BCUT2D eigenvalue weighted by Crippen LogP contribution is 2.30. The number of H-pyrrole nitrogens is 1. The minimum atomic E-state index is -0.204. The van der Waals surface area contributed by atoms with Gasteiger partial charge in [0.15, 0.2) is 11.5 Å². The van der Waals surface area contributed by atoms with Gasteiger partial charge in [0.25, 0.3) is 5.91 Å². The molecule has 23 heavy (non-hydrogen) atoms. The van der Waals surface area contributed by atoms with E-state index in [4.69, 9.17) is 9.47 Å². The second-order valence-corrected chi connectivity index (χ2v) is 5.34. The maximum Gasteiger partial charge on any atom is 0.251 e. The Kier molecular flexibility index (Phi) is 3.34. The molecular formula is C17H15N3O3. The summed E-state index contributed by atoms with van der Waals surface area (Å²) in [6, 6.07) is 12.9. The smallest absolute Gasteiger partial charge is 0.251 e. The summed E-state index contributed by atoms with van der Waals surface area (Å²) >= 11 is 0. The zero-order valence-corrected chi connectivity index (χ0v) is 12.3. The lowest BCUT2D eigenvalue weighted by molar-refractivity contribution is 0.0789. The van der Waals surface area contributed by atoms with E-state index in [9.17, 15) is 4.79 Å². The Bertz CT molecular complexity index is 859. The van der Waals surface area contributed by atoms with Crippen LogP contribution in [0.3, 0.4) is 0 Å². The summed E-state index contributed by atoms with van der Waals surface area (Å²) in [6.45, 7) is 0.797. The van der Waals surface area contributed by atoms with E-state index in [1.54, 1.807) is 18.5 Å². The molecular weight excluding hydrogens is 294 g/mol. The van der Waals surface area contributed by atoms with Crippen molar-refractivity contribution in [3.63, 3.8) is 0 Å². The van der Waals surface area contributed by atoms with Crippen LogP contribution in [-0.4, -0.2) is 35.1 Å². The van der Waals surface area contributed by atoms with Gasteiger partial charge in [0.2, 0.25) is 0 Å². The molecule has 1 aromatic heterocycles. The SMILES string of the molecule is O=C(NC[C@@H]1COc2ccccc2O1)c1ccc2nc[nH]c2c1. The molecule has 2 heterocycles. The molecule has 1 atom stereocenters. The molecule has 0 saturated heterocycles. The van der Waals surface area contributed by atoms with Gasteiger partial charge in [-0.15, -0.1) is 0 Å². The minimum Gasteiger partial charge on any atom is -0.486 e. The topological polar surface area (TPSA) is 76.2 Å². The number of aromatic amines is 1. The number of para-hydroxylation sites is 2. The predicted molar refractivity (Wildman–Crippen MR) is 84.8 cm³/mol. The predicted octanol–water partition coefficient (Wildman–Crippen LogP) is 2.13. The highest BCUT2D eigenvalue weighted by atomic mass is 16.6. The van der Waals surface area contributed by atoms with Crippen LogP contribution in [0.5, 0.6) is 11.5 Å². The Labute approximate surface area is 132 Å². The second kappa shape index (κ2) is 5.64. The van der Waals surface area contributed by atoms with Gasteiger partial charge in [-0.3, -0.25) is 4.79 Å². The van der Waals surface area contributed by atoms with E-state index in [2.05, 4.69) is 15.3 Å². The molecule has 6 heteroatoms. The highest BCUT2D eigenvalue weighted by Gasteiger charge is 2.21. The fourth-order valence-electron chi connectivity index (χ4n) is 2.55. The Balaban J connectivity index is 1.40. The summed E-state index contributed by atoms with van der Waals surface area (Å²) in [4.78, 5) is 19.4. The van der Waals surface area contributed by atoms with Gasteiger partial charge in [-0.2, -0.15) is 0 Å². The molecule has 0 aliphatic carbocycles. The molecule has 6 nitrogen and oxygen atoms in total. The third kappa shape index (κ3) is 2.70. The Morgan fingerprint density at radius 2 is 2.13 bits per heavy atom. The third-order valence-corrected chi connectivity index (χ3v) is 3.74. The van der Waals surface area contributed by atoms with Gasteiger partial charge in [-0.05, 0) is 30.3 Å². The largest absolute Gasteiger partial charge is 0.486 e. The number of hydrogen-bond acceptors (Lipinski definition) is 4. The first kappa shape index (κ1) is 13.6. The number of imidazole rings is 1. The summed E-state index contributed by atoms with van der Waals surface area (Å²) in [5.41, 5.74) is 2.25. The molecule has 1 aliphatic heterocycles. The van der Waals surface area contributed by atoms with Crippen molar-refractivity contribution in [3.05, 3.63) is 54.4 Å². The molecule has 0 unspecified atom stereocenters. The molecule has 0 radical (unpaired) electrons. The molecule has 116 valence electrons. The highest BCUT2D eigenvalue weighted by molar-refractivity contribution is 5.97. The van der Waals surface area contributed by atoms with E-state index in [0.717, 1.165) is 16.8 Å². The molecule has 3 aromatic rings. The van der Waals surface area contributed by atoms with Crippen LogP contribution in [0.15, 0.2) is 48.8 Å². The van der Waals surface area contributed by atoms with E-state index >= 15 is 0 Å². The molecule has 0 fully saturated rings. The summed E-state index contributed by atoms with van der Waals surface area (Å²) in [5, 5.41) is 2.88. The van der Waals surface area contributed by atoms with Crippen molar-refractivity contribution in [2.24, 2.45) is 0 Å². The van der Waals surface area contributed by atoms with E-state index in [-0.39, 0.29) is 12.0 Å². The Hall–Kier alpha value is -3.02. The van der Waals surface area contributed by atoms with Crippen molar-refractivity contribution in [3.8, 4) is 11.5 Å². The number of rotatable bonds is 3. The van der Waals surface area contributed by atoms with Crippen LogP contribution in [0.4, 0.5) is 0 Å². The number of benzene rings is 2. The molecule has 1 aliphatic rings. The average Bonchev–Trinajstić information content (AvgIpc) is 3.07. The number of ether oxygens (including phenoxy) is 2. The summed E-state index contributed by atoms with van der Waals surface area (Å²) in [5.74, 6) is 1.29. The van der Waals surface area contributed by atoms with Gasteiger partial charge in [0.1, 0.15) is 12.7 Å². The van der Waals surface area contributed by atoms with Crippen LogP contribution < -0.4 is 14.8 Å². The van der Waals surface area contributed by atoms with Crippen LogP contribution in [0.2, 0.25) is 0 Å². The fourth-order valence-corrected chi connectivity index (χ4v) is 2.55. The first-order valence-corrected chi connectivity index (χ1v) is 7.39. The number of hydrogen-bond donors (Lipinski definition) is 2. The van der Waals surface area contributed by atoms with Crippen LogP contribution in [0.1, 0.15) is 10.4 Å². The third-order valence-electron chi connectivity index (χ3n) is 3.74. The van der Waals surface area contributed by atoms with Gasteiger partial charge < -0.3 is 19.8 Å². The molecule has 2 aromatic carbocycles. The maximum atomic E-state index is 12.3. The molecule has 0 spiro atoms. The zero-order valence-electron chi connectivity index (χ0n) is 12.3. The minimum absolute atomic E-state index is 0.149. The Morgan fingerprint density at radius 1 is 1.26 bits per heavy atom. The first-order chi connectivity index (χ1) is 11.3. The number of carbonyl (C=O) groups is 1. The van der Waals surface area contributed by atoms with E-state index < -0.39 is 0 Å². The number of amides is 1. The van der Waals surface area contributed by atoms with Crippen LogP contribution in [0.25, 0.3) is 11.0 Å². The lowest BCUT2D eigenvalue weighted by atomic mass is 10.2. The van der Waals surface area contributed by atoms with Gasteiger partial charge in [-0.1, -0.05) is 12.1 Å². The molecule has 1 amide bonds. The number of fused-ring (bicyclic) bond motifs is 2. The van der Waals surface area contributed by atoms with E-state index in [1.807, 2.05) is 30.3 Å². The average molecular weight is 309 g/mol. The van der Waals surface area contributed by atoms with Crippen molar-refractivity contribution in [1.29, 1.82) is 0 Å². The van der Waals surface area contributed by atoms with Crippen molar-refractivity contribution >= 4 is 16.9 Å². The monoisotopic (exact) mass is 309 g/mol. The van der Waals surface area contributed by atoms with Crippen molar-refractivity contribution < 1.29 is 14.3 Å². The van der Waals surface area contributed by atoms with Gasteiger partial charge in [0, 0.05) is 5.56 Å². The van der Waals surface area contributed by atoms with Gasteiger partial charge >= 0.3 is 0 Å². The first-order valence-electron chi connectivity index (χ1n) is 7.39. The van der Waals surface area contributed by atoms with Crippen molar-refractivity contribution in [2.45, 2.75) is 6.10 Å². The van der Waals surface area contributed by atoms with Gasteiger partial charge in [0.05, 0.1) is 23.9 Å².